The summed E-state index contributed by atoms with van der Waals surface area (Å²) in [5.74, 6) is 1.89. The van der Waals surface area contributed by atoms with Crippen LogP contribution in [0.3, 0.4) is 0 Å². The van der Waals surface area contributed by atoms with E-state index in [0.717, 1.165) is 47.9 Å². The van der Waals surface area contributed by atoms with E-state index in [2.05, 4.69) is 98.2 Å². The molecule has 32 heavy (non-hydrogen) atoms. The Labute approximate surface area is 200 Å². The van der Waals surface area contributed by atoms with E-state index in [9.17, 15) is 0 Å². The van der Waals surface area contributed by atoms with Crippen LogP contribution >= 0.6 is 15.9 Å². The molecule has 2 aromatic carbocycles. The lowest BCUT2D eigenvalue weighted by Gasteiger charge is -2.41. The Morgan fingerprint density at radius 3 is 2.59 bits per heavy atom. The van der Waals surface area contributed by atoms with E-state index in [4.69, 9.17) is 4.98 Å². The van der Waals surface area contributed by atoms with Gasteiger partial charge in [0.05, 0.1) is 5.52 Å². The molecule has 0 spiro atoms. The van der Waals surface area contributed by atoms with E-state index < -0.39 is 0 Å². The summed E-state index contributed by atoms with van der Waals surface area (Å²) in [5.41, 5.74) is 2.51. The maximum absolute atomic E-state index is 4.92. The van der Waals surface area contributed by atoms with Crippen molar-refractivity contribution in [2.24, 2.45) is 5.92 Å². The first-order valence-electron chi connectivity index (χ1n) is 12.0. The summed E-state index contributed by atoms with van der Waals surface area (Å²) < 4.78 is 1.10. The van der Waals surface area contributed by atoms with Gasteiger partial charge in [0.2, 0.25) is 0 Å². The summed E-state index contributed by atoms with van der Waals surface area (Å²) in [6, 6.07) is 22.2. The van der Waals surface area contributed by atoms with Gasteiger partial charge < -0.3 is 4.90 Å². The number of nitrogens with zero attached hydrogens (tertiary/aromatic N) is 4. The highest BCUT2D eigenvalue weighted by molar-refractivity contribution is 9.10. The van der Waals surface area contributed by atoms with E-state index in [1.807, 2.05) is 0 Å². The molecule has 2 aliphatic rings. The van der Waals surface area contributed by atoms with Gasteiger partial charge in [-0.05, 0) is 68.1 Å². The zero-order chi connectivity index (χ0) is 21.9. The van der Waals surface area contributed by atoms with Crippen molar-refractivity contribution in [3.05, 3.63) is 70.7 Å². The number of anilines is 1. The molecule has 4 nitrogen and oxygen atoms in total. The minimum atomic E-state index is 0.510. The van der Waals surface area contributed by atoms with Gasteiger partial charge in [-0.25, -0.2) is 4.98 Å². The van der Waals surface area contributed by atoms with Crippen molar-refractivity contribution < 1.29 is 0 Å². The number of halogens is 1. The quantitative estimate of drug-likeness (QED) is 0.462. The highest BCUT2D eigenvalue weighted by Gasteiger charge is 2.27. The molecule has 2 fully saturated rings. The van der Waals surface area contributed by atoms with Gasteiger partial charge in [-0.3, -0.25) is 9.80 Å². The lowest BCUT2D eigenvalue weighted by atomic mass is 9.94. The number of piperidine rings is 1. The van der Waals surface area contributed by atoms with Crippen LogP contribution in [0.1, 0.15) is 31.4 Å². The van der Waals surface area contributed by atoms with Crippen molar-refractivity contribution in [1.82, 2.24) is 14.8 Å². The molecule has 2 saturated heterocycles. The van der Waals surface area contributed by atoms with Crippen LogP contribution < -0.4 is 4.90 Å². The number of pyridine rings is 1. The van der Waals surface area contributed by atoms with Crippen molar-refractivity contribution in [1.29, 1.82) is 0 Å². The molecule has 2 atom stereocenters. The molecule has 0 saturated carbocycles. The smallest absolute Gasteiger partial charge is 0.129 e. The Morgan fingerprint density at radius 1 is 0.969 bits per heavy atom. The van der Waals surface area contributed by atoms with Crippen molar-refractivity contribution in [3.8, 4) is 0 Å². The average Bonchev–Trinajstić information content (AvgIpc) is 2.84. The molecule has 5 heteroatoms. The fourth-order valence-corrected chi connectivity index (χ4v) is 5.71. The highest BCUT2D eigenvalue weighted by Crippen LogP contribution is 2.28. The maximum atomic E-state index is 4.92. The number of benzene rings is 2. The Bertz CT molecular complexity index is 1030. The summed E-state index contributed by atoms with van der Waals surface area (Å²) in [7, 11) is 0. The van der Waals surface area contributed by atoms with Gasteiger partial charge in [-0.15, -0.1) is 0 Å². The lowest BCUT2D eigenvalue weighted by Crippen LogP contribution is -2.50. The average molecular weight is 493 g/mol. The third-order valence-electron chi connectivity index (χ3n) is 7.23. The molecular weight excluding hydrogens is 460 g/mol. The summed E-state index contributed by atoms with van der Waals surface area (Å²) in [5, 5.41) is 1.19. The van der Waals surface area contributed by atoms with E-state index in [-0.39, 0.29) is 0 Å². The standard InChI is InChI=1S/C27H33BrN4/c1-21(23-7-3-2-4-8-23)32-13-5-6-22(20-32)19-30-14-16-31(17-15-30)27-12-9-24-18-25(28)10-11-26(24)29-27/h2-4,7-12,18,21-22H,5-6,13-17,19-20H2,1H3. The molecule has 3 aromatic rings. The number of likely N-dealkylation sites (tertiary alicyclic amines) is 1. The molecule has 0 aliphatic carbocycles. The van der Waals surface area contributed by atoms with Crippen molar-refractivity contribution in [3.63, 3.8) is 0 Å². The van der Waals surface area contributed by atoms with Crippen LogP contribution in [0.15, 0.2) is 65.1 Å². The molecule has 0 N–H and O–H groups in total. The topological polar surface area (TPSA) is 22.6 Å². The molecular formula is C27H33BrN4. The number of rotatable bonds is 5. The Hall–Kier alpha value is -1.95. The van der Waals surface area contributed by atoms with E-state index in [0.29, 0.717) is 6.04 Å². The minimum Gasteiger partial charge on any atom is -0.354 e. The second kappa shape index (κ2) is 9.90. The molecule has 5 rings (SSSR count). The summed E-state index contributed by atoms with van der Waals surface area (Å²) in [4.78, 5) is 12.7. The number of fused-ring (bicyclic) bond motifs is 1. The SMILES string of the molecule is CC(c1ccccc1)N1CCCC(CN2CCN(c3ccc4cc(Br)ccc4n3)CC2)C1. The molecule has 2 aliphatic heterocycles. The number of piperazine rings is 1. The van der Waals surface area contributed by atoms with Crippen LogP contribution in [-0.4, -0.2) is 60.6 Å². The second-order valence-corrected chi connectivity index (χ2v) is 10.3. The molecule has 2 unspecified atom stereocenters. The first-order valence-corrected chi connectivity index (χ1v) is 12.8. The van der Waals surface area contributed by atoms with Gasteiger partial charge in [0.25, 0.3) is 0 Å². The predicted molar refractivity (Wildman–Crippen MR) is 137 cm³/mol. The zero-order valence-electron chi connectivity index (χ0n) is 19.0. The van der Waals surface area contributed by atoms with Crippen LogP contribution in [-0.2, 0) is 0 Å². The largest absolute Gasteiger partial charge is 0.354 e. The van der Waals surface area contributed by atoms with E-state index >= 15 is 0 Å². The van der Waals surface area contributed by atoms with E-state index in [1.54, 1.807) is 0 Å². The van der Waals surface area contributed by atoms with Gasteiger partial charge in [0.1, 0.15) is 5.82 Å². The monoisotopic (exact) mass is 492 g/mol. The van der Waals surface area contributed by atoms with Crippen LogP contribution in [0.4, 0.5) is 5.82 Å². The lowest BCUT2D eigenvalue weighted by molar-refractivity contribution is 0.102. The molecule has 0 bridgehead atoms. The molecule has 0 amide bonds. The fourth-order valence-electron chi connectivity index (χ4n) is 5.33. The van der Waals surface area contributed by atoms with Crippen molar-refractivity contribution in [2.75, 3.05) is 50.7 Å². The fraction of sp³-hybridized carbons (Fsp3) is 0.444. The van der Waals surface area contributed by atoms with Gasteiger partial charge in [-0.2, -0.15) is 0 Å². The van der Waals surface area contributed by atoms with Crippen LogP contribution in [0, 0.1) is 5.92 Å². The van der Waals surface area contributed by atoms with Crippen molar-refractivity contribution >= 4 is 32.7 Å². The van der Waals surface area contributed by atoms with Crippen LogP contribution in [0.2, 0.25) is 0 Å². The molecule has 0 radical (unpaired) electrons. The first kappa shape index (κ1) is 21.9. The van der Waals surface area contributed by atoms with Crippen LogP contribution in [0.5, 0.6) is 0 Å². The summed E-state index contributed by atoms with van der Waals surface area (Å²) in [6.07, 6.45) is 2.68. The second-order valence-electron chi connectivity index (χ2n) is 9.38. The Morgan fingerprint density at radius 2 is 1.78 bits per heavy atom. The maximum Gasteiger partial charge on any atom is 0.129 e. The normalized spacial score (nSPS) is 21.7. The summed E-state index contributed by atoms with van der Waals surface area (Å²) in [6.45, 7) is 10.4. The third-order valence-corrected chi connectivity index (χ3v) is 7.72. The van der Waals surface area contributed by atoms with Crippen LogP contribution in [0.25, 0.3) is 10.9 Å². The molecule has 3 heterocycles. The molecule has 168 valence electrons. The van der Waals surface area contributed by atoms with Gasteiger partial charge in [0, 0.05) is 55.2 Å². The van der Waals surface area contributed by atoms with Gasteiger partial charge >= 0.3 is 0 Å². The minimum absolute atomic E-state index is 0.510. The highest BCUT2D eigenvalue weighted by atomic mass is 79.9. The third kappa shape index (κ3) is 5.00. The zero-order valence-corrected chi connectivity index (χ0v) is 20.5. The number of hydrogen-bond acceptors (Lipinski definition) is 4. The number of hydrogen-bond donors (Lipinski definition) is 0. The van der Waals surface area contributed by atoms with E-state index in [1.165, 1.54) is 43.4 Å². The number of aromatic nitrogens is 1. The summed E-state index contributed by atoms with van der Waals surface area (Å²) >= 11 is 3.55. The Balaban J connectivity index is 1.15. The molecule has 1 aromatic heterocycles. The Kier molecular flexibility index (Phi) is 6.77. The first-order chi connectivity index (χ1) is 15.7. The predicted octanol–water partition coefficient (Wildman–Crippen LogP) is 5.59. The van der Waals surface area contributed by atoms with Gasteiger partial charge in [-0.1, -0.05) is 46.3 Å². The van der Waals surface area contributed by atoms with Crippen molar-refractivity contribution in [2.45, 2.75) is 25.8 Å². The van der Waals surface area contributed by atoms with Gasteiger partial charge in [0.15, 0.2) is 0 Å².